The quantitative estimate of drug-likeness (QED) is 0.654. The molecule has 2 fully saturated rings. The van der Waals surface area contributed by atoms with Crippen LogP contribution in [0.3, 0.4) is 0 Å². The van der Waals surface area contributed by atoms with Crippen LogP contribution in [0, 0.1) is 5.41 Å². The van der Waals surface area contributed by atoms with Gasteiger partial charge in [-0.15, -0.1) is 0 Å². The molecule has 1 saturated heterocycles. The molecule has 0 bridgehead atoms. The van der Waals surface area contributed by atoms with E-state index in [9.17, 15) is 0 Å². The van der Waals surface area contributed by atoms with Crippen LogP contribution in [0.2, 0.25) is 0 Å². The predicted octanol–water partition coefficient (Wildman–Crippen LogP) is 5.69. The number of rotatable bonds is 6. The highest BCUT2D eigenvalue weighted by Crippen LogP contribution is 2.33. The Morgan fingerprint density at radius 3 is 2.74 bits per heavy atom. The van der Waals surface area contributed by atoms with Crippen molar-refractivity contribution < 1.29 is 9.47 Å². The van der Waals surface area contributed by atoms with Crippen molar-refractivity contribution in [1.82, 2.24) is 4.98 Å². The summed E-state index contributed by atoms with van der Waals surface area (Å²) in [7, 11) is 0. The standard InChI is InChI=1S/C23H34N2O2/c1-17(2)22-19(10-12-24)16-20(15-18-7-6-13-26-14-11-18)25-23(22)27-21-8-4-3-5-9-21/h12,15-17,21,24H,3-11,13-14H2,1-2H3/b18-15-,24-12?. The normalized spacial score (nSPS) is 20.6. The Kier molecular flexibility index (Phi) is 7.45. The molecule has 2 heterocycles. The summed E-state index contributed by atoms with van der Waals surface area (Å²) in [5, 5.41) is 7.64. The first-order valence-corrected chi connectivity index (χ1v) is 10.6. The molecule has 2 aliphatic rings. The number of nitrogens with one attached hydrogen (secondary N) is 1. The highest BCUT2D eigenvalue weighted by molar-refractivity contribution is 5.62. The van der Waals surface area contributed by atoms with Crippen molar-refractivity contribution in [2.45, 2.75) is 83.7 Å². The fourth-order valence-electron chi connectivity index (χ4n) is 4.19. The number of hydrogen-bond donors (Lipinski definition) is 1. The van der Waals surface area contributed by atoms with Crippen molar-refractivity contribution in [3.05, 3.63) is 28.5 Å². The van der Waals surface area contributed by atoms with Gasteiger partial charge in [-0.05, 0) is 74.8 Å². The molecule has 27 heavy (non-hydrogen) atoms. The van der Waals surface area contributed by atoms with E-state index in [1.807, 2.05) is 0 Å². The summed E-state index contributed by atoms with van der Waals surface area (Å²) >= 11 is 0. The van der Waals surface area contributed by atoms with Crippen molar-refractivity contribution in [2.75, 3.05) is 13.2 Å². The van der Waals surface area contributed by atoms with Gasteiger partial charge in [0.2, 0.25) is 5.88 Å². The smallest absolute Gasteiger partial charge is 0.217 e. The lowest BCUT2D eigenvalue weighted by atomic mass is 9.94. The third kappa shape index (κ3) is 5.65. The minimum Gasteiger partial charge on any atom is -0.474 e. The SMILES string of the molecule is CC(C)c1c(CC=N)cc(/C=C2/CCCOCC2)nc1OC1CCCCC1. The highest BCUT2D eigenvalue weighted by atomic mass is 16.5. The monoisotopic (exact) mass is 370 g/mol. The van der Waals surface area contributed by atoms with E-state index in [0.717, 1.165) is 56.9 Å². The van der Waals surface area contributed by atoms with Gasteiger partial charge in [0.25, 0.3) is 0 Å². The van der Waals surface area contributed by atoms with E-state index in [4.69, 9.17) is 19.9 Å². The highest BCUT2D eigenvalue weighted by Gasteiger charge is 2.21. The average Bonchev–Trinajstić information content (AvgIpc) is 2.91. The molecular formula is C23H34N2O2. The number of aromatic nitrogens is 1. The molecule has 0 amide bonds. The van der Waals surface area contributed by atoms with Gasteiger partial charge in [-0.3, -0.25) is 0 Å². The fraction of sp³-hybridized carbons (Fsp3) is 0.652. The van der Waals surface area contributed by atoms with Crippen LogP contribution in [0.5, 0.6) is 5.88 Å². The summed E-state index contributed by atoms with van der Waals surface area (Å²) in [6.45, 7) is 6.04. The summed E-state index contributed by atoms with van der Waals surface area (Å²) in [4.78, 5) is 4.94. The zero-order valence-electron chi connectivity index (χ0n) is 16.9. The topological polar surface area (TPSA) is 55.2 Å². The molecule has 1 aliphatic heterocycles. The molecule has 1 aromatic heterocycles. The first-order chi connectivity index (χ1) is 13.2. The molecule has 1 N–H and O–H groups in total. The zero-order chi connectivity index (χ0) is 19.1. The number of pyridine rings is 1. The lowest BCUT2D eigenvalue weighted by Gasteiger charge is -2.25. The van der Waals surface area contributed by atoms with Crippen molar-refractivity contribution in [3.63, 3.8) is 0 Å². The molecule has 1 aliphatic carbocycles. The van der Waals surface area contributed by atoms with Crippen LogP contribution in [0.25, 0.3) is 6.08 Å². The lowest BCUT2D eigenvalue weighted by Crippen LogP contribution is -2.21. The Labute approximate surface area is 163 Å². The molecule has 1 aromatic rings. The summed E-state index contributed by atoms with van der Waals surface area (Å²) in [5.41, 5.74) is 4.73. The molecule has 0 atom stereocenters. The molecule has 1 saturated carbocycles. The van der Waals surface area contributed by atoms with E-state index in [-0.39, 0.29) is 6.10 Å². The molecule has 0 spiro atoms. The second-order valence-electron chi connectivity index (χ2n) is 8.13. The molecule has 0 unspecified atom stereocenters. The average molecular weight is 371 g/mol. The Morgan fingerprint density at radius 1 is 1.19 bits per heavy atom. The Bertz CT molecular complexity index is 651. The molecule has 3 rings (SSSR count). The molecule has 148 valence electrons. The molecule has 0 radical (unpaired) electrons. The third-order valence-corrected chi connectivity index (χ3v) is 5.57. The van der Waals surface area contributed by atoms with Crippen LogP contribution >= 0.6 is 0 Å². The maximum absolute atomic E-state index is 7.64. The van der Waals surface area contributed by atoms with Crippen LogP contribution < -0.4 is 4.74 Å². The Morgan fingerprint density at radius 2 is 2.00 bits per heavy atom. The summed E-state index contributed by atoms with van der Waals surface area (Å²) in [6, 6.07) is 2.16. The Hall–Kier alpha value is -1.68. The van der Waals surface area contributed by atoms with Gasteiger partial charge in [0, 0.05) is 18.6 Å². The minimum absolute atomic E-state index is 0.283. The van der Waals surface area contributed by atoms with Crippen molar-refractivity contribution in [3.8, 4) is 5.88 Å². The number of hydrogen-bond acceptors (Lipinski definition) is 4. The van der Waals surface area contributed by atoms with Crippen LogP contribution in [0.1, 0.15) is 88.0 Å². The molecule has 4 nitrogen and oxygen atoms in total. The van der Waals surface area contributed by atoms with Gasteiger partial charge in [-0.25, -0.2) is 4.98 Å². The second-order valence-corrected chi connectivity index (χ2v) is 8.13. The van der Waals surface area contributed by atoms with Gasteiger partial charge in [0.1, 0.15) is 6.10 Å². The first-order valence-electron chi connectivity index (χ1n) is 10.6. The van der Waals surface area contributed by atoms with E-state index < -0.39 is 0 Å². The predicted molar refractivity (Wildman–Crippen MR) is 111 cm³/mol. The van der Waals surface area contributed by atoms with E-state index in [0.29, 0.717) is 12.3 Å². The second kappa shape index (κ2) is 10.0. The van der Waals surface area contributed by atoms with Gasteiger partial charge in [0.15, 0.2) is 0 Å². The van der Waals surface area contributed by atoms with Gasteiger partial charge in [-0.2, -0.15) is 0 Å². The van der Waals surface area contributed by atoms with E-state index in [1.54, 1.807) is 0 Å². The van der Waals surface area contributed by atoms with Crippen LogP contribution in [0.15, 0.2) is 11.6 Å². The summed E-state index contributed by atoms with van der Waals surface area (Å²) in [5.74, 6) is 1.13. The zero-order valence-corrected chi connectivity index (χ0v) is 16.9. The number of nitrogens with zero attached hydrogens (tertiary/aromatic N) is 1. The maximum atomic E-state index is 7.64. The maximum Gasteiger partial charge on any atom is 0.217 e. The molecular weight excluding hydrogens is 336 g/mol. The van der Waals surface area contributed by atoms with Gasteiger partial charge in [0.05, 0.1) is 12.3 Å². The summed E-state index contributed by atoms with van der Waals surface area (Å²) in [6.07, 6.45) is 13.8. The largest absolute Gasteiger partial charge is 0.474 e. The van der Waals surface area contributed by atoms with Gasteiger partial charge in [-0.1, -0.05) is 25.8 Å². The Balaban J connectivity index is 1.95. The van der Waals surface area contributed by atoms with Crippen molar-refractivity contribution >= 4 is 12.3 Å². The van der Waals surface area contributed by atoms with Crippen molar-refractivity contribution in [2.24, 2.45) is 0 Å². The molecule has 4 heteroatoms. The van der Waals surface area contributed by atoms with E-state index in [2.05, 4.69) is 26.0 Å². The van der Waals surface area contributed by atoms with Crippen LogP contribution in [-0.4, -0.2) is 30.5 Å². The minimum atomic E-state index is 0.283. The third-order valence-electron chi connectivity index (χ3n) is 5.57. The van der Waals surface area contributed by atoms with Crippen LogP contribution in [0.4, 0.5) is 0 Å². The van der Waals surface area contributed by atoms with Gasteiger partial charge >= 0.3 is 0 Å². The molecule has 0 aromatic carbocycles. The van der Waals surface area contributed by atoms with Crippen LogP contribution in [-0.2, 0) is 11.2 Å². The van der Waals surface area contributed by atoms with Gasteiger partial charge < -0.3 is 14.9 Å². The first kappa shape index (κ1) is 20.1. The van der Waals surface area contributed by atoms with E-state index >= 15 is 0 Å². The number of ether oxygens (including phenoxy) is 2. The van der Waals surface area contributed by atoms with Crippen molar-refractivity contribution in [1.29, 1.82) is 5.41 Å². The lowest BCUT2D eigenvalue weighted by molar-refractivity contribution is 0.146. The summed E-state index contributed by atoms with van der Waals surface area (Å²) < 4.78 is 12.0. The van der Waals surface area contributed by atoms with E-state index in [1.165, 1.54) is 42.2 Å². The fourth-order valence-corrected chi connectivity index (χ4v) is 4.19.